The van der Waals surface area contributed by atoms with Gasteiger partial charge in [0.2, 0.25) is 0 Å². The molecule has 2 aromatic rings. The molecule has 0 aromatic heterocycles. The van der Waals surface area contributed by atoms with Gasteiger partial charge in [0.1, 0.15) is 5.75 Å². The lowest BCUT2D eigenvalue weighted by Crippen LogP contribution is -2.27. The van der Waals surface area contributed by atoms with Gasteiger partial charge in [-0.3, -0.25) is 0 Å². The average molecular weight is 376 g/mol. The van der Waals surface area contributed by atoms with Gasteiger partial charge in [-0.15, -0.1) is 0 Å². The zero-order valence-corrected chi connectivity index (χ0v) is 15.0. The second kappa shape index (κ2) is 7.34. The number of carbonyl (C=O) groups is 1. The number of alkyl halides is 3. The highest BCUT2D eigenvalue weighted by molar-refractivity contribution is 5.73. The van der Waals surface area contributed by atoms with Crippen LogP contribution in [0.3, 0.4) is 0 Å². The Bertz CT molecular complexity index is 876. The Morgan fingerprint density at radius 2 is 1.78 bits per heavy atom. The monoisotopic (exact) mass is 376 g/mol. The molecule has 7 heteroatoms. The molecule has 1 aliphatic rings. The predicted molar refractivity (Wildman–Crippen MR) is 95.9 cm³/mol. The van der Waals surface area contributed by atoms with Crippen LogP contribution in [0.4, 0.5) is 18.0 Å². The Morgan fingerprint density at radius 1 is 1.11 bits per heavy atom. The maximum absolute atomic E-state index is 13.5. The van der Waals surface area contributed by atoms with Crippen molar-refractivity contribution in [2.45, 2.75) is 19.3 Å². The van der Waals surface area contributed by atoms with E-state index in [9.17, 15) is 18.0 Å². The van der Waals surface area contributed by atoms with Gasteiger partial charge >= 0.3 is 12.3 Å². The van der Waals surface area contributed by atoms with Crippen LogP contribution >= 0.6 is 0 Å². The van der Waals surface area contributed by atoms with Gasteiger partial charge in [0.15, 0.2) is 0 Å². The lowest BCUT2D eigenvalue weighted by atomic mass is 9.96. The van der Waals surface area contributed by atoms with E-state index in [4.69, 9.17) is 4.74 Å². The molecule has 0 fully saturated rings. The molecule has 1 aliphatic heterocycles. The van der Waals surface area contributed by atoms with Gasteiger partial charge in [-0.25, -0.2) is 4.79 Å². The van der Waals surface area contributed by atoms with Crippen molar-refractivity contribution in [3.63, 3.8) is 0 Å². The molecule has 2 aromatic carbocycles. The number of hydrogen-bond donors (Lipinski definition) is 0. The summed E-state index contributed by atoms with van der Waals surface area (Å²) in [5, 5.41) is 0. The van der Waals surface area contributed by atoms with Gasteiger partial charge < -0.3 is 14.5 Å². The Labute approximate surface area is 155 Å². The number of allylic oxidation sites excluding steroid dienone is 1. The Balaban J connectivity index is 1.90. The maximum Gasteiger partial charge on any atom is 0.418 e. The SMILES string of the molecule is CN(C)C(=O)Oc1ccccc1CN1C=C(C(F)(F)F)c2ccccc2C1. The number of fused-ring (bicyclic) bond motifs is 1. The number of nitrogens with zero attached hydrogens (tertiary/aromatic N) is 2. The summed E-state index contributed by atoms with van der Waals surface area (Å²) in [5.41, 5.74) is 0.764. The highest BCUT2D eigenvalue weighted by Gasteiger charge is 2.38. The molecule has 0 N–H and O–H groups in total. The molecule has 4 nitrogen and oxygen atoms in total. The number of hydrogen-bond acceptors (Lipinski definition) is 3. The molecule has 0 radical (unpaired) electrons. The van der Waals surface area contributed by atoms with E-state index in [1.54, 1.807) is 61.5 Å². The van der Waals surface area contributed by atoms with Gasteiger partial charge in [0.05, 0.1) is 5.57 Å². The van der Waals surface area contributed by atoms with Crippen molar-refractivity contribution < 1.29 is 22.7 Å². The third-order valence-electron chi connectivity index (χ3n) is 4.21. The summed E-state index contributed by atoms with van der Waals surface area (Å²) in [7, 11) is 3.12. The van der Waals surface area contributed by atoms with Crippen LogP contribution in [-0.2, 0) is 13.1 Å². The van der Waals surface area contributed by atoms with Crippen molar-refractivity contribution in [3.05, 3.63) is 71.4 Å². The quantitative estimate of drug-likeness (QED) is 0.781. The van der Waals surface area contributed by atoms with E-state index in [0.29, 0.717) is 23.4 Å². The lowest BCUT2D eigenvalue weighted by molar-refractivity contribution is -0.0701. The number of carbonyl (C=O) groups excluding carboxylic acids is 1. The minimum absolute atomic E-state index is 0.185. The van der Waals surface area contributed by atoms with Crippen LogP contribution in [0.1, 0.15) is 16.7 Å². The third-order valence-corrected chi connectivity index (χ3v) is 4.21. The second-order valence-electron chi connectivity index (χ2n) is 6.47. The van der Waals surface area contributed by atoms with Crippen molar-refractivity contribution in [2.75, 3.05) is 14.1 Å². The Kier molecular flexibility index (Phi) is 5.12. The Morgan fingerprint density at radius 3 is 2.48 bits per heavy atom. The molecule has 0 saturated heterocycles. The maximum atomic E-state index is 13.5. The fourth-order valence-electron chi connectivity index (χ4n) is 2.90. The highest BCUT2D eigenvalue weighted by Crippen LogP contribution is 2.39. The first-order valence-electron chi connectivity index (χ1n) is 8.34. The summed E-state index contributed by atoms with van der Waals surface area (Å²) in [4.78, 5) is 14.7. The summed E-state index contributed by atoms with van der Waals surface area (Å²) in [6.07, 6.45) is -3.86. The van der Waals surface area contributed by atoms with E-state index in [0.717, 1.165) is 6.20 Å². The molecule has 142 valence electrons. The predicted octanol–water partition coefficient (Wildman–Crippen LogP) is 4.67. The van der Waals surface area contributed by atoms with E-state index < -0.39 is 17.8 Å². The first-order chi connectivity index (χ1) is 12.8. The Hall–Kier alpha value is -2.96. The van der Waals surface area contributed by atoms with Crippen LogP contribution < -0.4 is 4.74 Å². The normalized spacial score (nSPS) is 13.7. The molecule has 1 amide bonds. The second-order valence-corrected chi connectivity index (χ2v) is 6.47. The third kappa shape index (κ3) is 4.24. The van der Waals surface area contributed by atoms with Crippen LogP contribution in [-0.4, -0.2) is 36.2 Å². The molecule has 0 saturated carbocycles. The molecular formula is C20H19F3N2O2. The molecule has 3 rings (SSSR count). The van der Waals surface area contributed by atoms with E-state index in [1.165, 1.54) is 11.0 Å². The molecule has 27 heavy (non-hydrogen) atoms. The van der Waals surface area contributed by atoms with E-state index in [-0.39, 0.29) is 12.1 Å². The van der Waals surface area contributed by atoms with E-state index >= 15 is 0 Å². The van der Waals surface area contributed by atoms with Crippen molar-refractivity contribution in [3.8, 4) is 5.75 Å². The average Bonchev–Trinajstić information content (AvgIpc) is 2.61. The lowest BCUT2D eigenvalue weighted by Gasteiger charge is -2.30. The first kappa shape index (κ1) is 18.8. The summed E-state index contributed by atoms with van der Waals surface area (Å²) in [6, 6.07) is 13.3. The van der Waals surface area contributed by atoms with Gasteiger partial charge in [0, 0.05) is 38.9 Å². The van der Waals surface area contributed by atoms with Crippen LogP contribution in [0.15, 0.2) is 54.7 Å². The number of benzene rings is 2. The number of ether oxygens (including phenoxy) is 1. The fraction of sp³-hybridized carbons (Fsp3) is 0.250. The minimum Gasteiger partial charge on any atom is -0.410 e. The van der Waals surface area contributed by atoms with Crippen LogP contribution in [0.5, 0.6) is 5.75 Å². The molecule has 0 spiro atoms. The van der Waals surface area contributed by atoms with Crippen molar-refractivity contribution in [2.24, 2.45) is 0 Å². The van der Waals surface area contributed by atoms with Crippen LogP contribution in [0.25, 0.3) is 5.57 Å². The van der Waals surface area contributed by atoms with E-state index in [2.05, 4.69) is 0 Å². The van der Waals surface area contributed by atoms with Gasteiger partial charge in [-0.1, -0.05) is 42.5 Å². The van der Waals surface area contributed by atoms with Crippen molar-refractivity contribution >= 4 is 11.7 Å². The fourth-order valence-corrected chi connectivity index (χ4v) is 2.90. The largest absolute Gasteiger partial charge is 0.418 e. The topological polar surface area (TPSA) is 32.8 Å². The summed E-state index contributed by atoms with van der Waals surface area (Å²) >= 11 is 0. The van der Waals surface area contributed by atoms with Crippen molar-refractivity contribution in [1.29, 1.82) is 0 Å². The van der Waals surface area contributed by atoms with E-state index in [1.807, 2.05) is 0 Å². The van der Waals surface area contributed by atoms with Gasteiger partial charge in [-0.05, 0) is 17.2 Å². The van der Waals surface area contributed by atoms with Crippen LogP contribution in [0, 0.1) is 0 Å². The van der Waals surface area contributed by atoms with Crippen LogP contribution in [0.2, 0.25) is 0 Å². The molecule has 0 unspecified atom stereocenters. The molecule has 0 aliphatic carbocycles. The minimum atomic E-state index is -4.45. The summed E-state index contributed by atoms with van der Waals surface area (Å²) in [5.74, 6) is 0.331. The molecule has 0 bridgehead atoms. The summed E-state index contributed by atoms with van der Waals surface area (Å²) in [6.45, 7) is 0.524. The number of halogens is 3. The number of para-hydroxylation sites is 1. The zero-order chi connectivity index (χ0) is 19.6. The number of amides is 1. The highest BCUT2D eigenvalue weighted by atomic mass is 19.4. The van der Waals surface area contributed by atoms with Gasteiger partial charge in [-0.2, -0.15) is 13.2 Å². The smallest absolute Gasteiger partial charge is 0.410 e. The standard InChI is InChI=1S/C20H19F3N2O2/c1-24(2)19(26)27-18-10-6-4-8-15(18)12-25-11-14-7-3-5-9-16(14)17(13-25)20(21,22)23/h3-10,13H,11-12H2,1-2H3. The molecular weight excluding hydrogens is 357 g/mol. The number of rotatable bonds is 3. The van der Waals surface area contributed by atoms with Crippen molar-refractivity contribution in [1.82, 2.24) is 9.80 Å². The molecule has 1 heterocycles. The first-order valence-corrected chi connectivity index (χ1v) is 8.34. The van der Waals surface area contributed by atoms with Gasteiger partial charge in [0.25, 0.3) is 0 Å². The zero-order valence-electron chi connectivity index (χ0n) is 15.0. The molecule has 0 atom stereocenters. The summed E-state index contributed by atoms with van der Waals surface area (Å²) < 4.78 is 45.8.